The van der Waals surface area contributed by atoms with Crippen LogP contribution in [0.15, 0.2) is 79.3 Å². The monoisotopic (exact) mass is 549 g/mol. The lowest BCUT2D eigenvalue weighted by Crippen LogP contribution is -2.49. The second-order valence-corrected chi connectivity index (χ2v) is 10.6. The second-order valence-electron chi connectivity index (χ2n) is 10.6. The molecule has 0 spiro atoms. The number of hydrogen-bond acceptors (Lipinski definition) is 7. The first kappa shape index (κ1) is 27.9. The molecule has 1 aliphatic rings. The minimum absolute atomic E-state index is 0.0342. The zero-order valence-electron chi connectivity index (χ0n) is 23.7. The summed E-state index contributed by atoms with van der Waals surface area (Å²) in [5.74, 6) is 0.537. The first-order valence-corrected chi connectivity index (χ1v) is 13.9. The zero-order chi connectivity index (χ0) is 28.8. The number of aryl methyl sites for hydroxylation is 1. The van der Waals surface area contributed by atoms with Crippen LogP contribution in [0.25, 0.3) is 11.3 Å². The Morgan fingerprint density at radius 3 is 2.44 bits per heavy atom. The summed E-state index contributed by atoms with van der Waals surface area (Å²) in [7, 11) is 0. The molecule has 2 aromatic heterocycles. The quantitative estimate of drug-likeness (QED) is 0.314. The smallest absolute Gasteiger partial charge is 0.255 e. The second kappa shape index (κ2) is 12.7. The minimum atomic E-state index is -0.179. The highest BCUT2D eigenvalue weighted by Crippen LogP contribution is 2.25. The Morgan fingerprint density at radius 2 is 1.73 bits per heavy atom. The molecule has 2 aromatic carbocycles. The van der Waals surface area contributed by atoms with Gasteiger partial charge in [0.1, 0.15) is 0 Å². The Hall–Kier alpha value is -4.63. The molecule has 1 fully saturated rings. The number of nitrogens with zero attached hydrogens (tertiary/aromatic N) is 5. The average molecular weight is 550 g/mol. The number of carbonyl (C=O) groups excluding carboxylic acids is 2. The Morgan fingerprint density at radius 1 is 0.951 bits per heavy atom. The maximum atomic E-state index is 13.0. The standard InChI is InChI=1S/C32H35N7O2/c1-22(2)31(41)39-17-15-38(16-18-39)21-24-7-9-25(10-8-24)30(40)35-27-11-6-23(3)29(19-27)37-32-34-14-12-28(36-32)26-5-4-13-33-20-26/h4-14,19-20,22H,15-18,21H2,1-3H3,(H,35,40)(H,34,36,37). The number of hydrogen-bond donors (Lipinski definition) is 2. The molecule has 0 atom stereocenters. The summed E-state index contributed by atoms with van der Waals surface area (Å²) < 4.78 is 0. The minimum Gasteiger partial charge on any atom is -0.340 e. The first-order valence-electron chi connectivity index (χ1n) is 13.9. The average Bonchev–Trinajstić information content (AvgIpc) is 3.00. The van der Waals surface area contributed by atoms with E-state index in [9.17, 15) is 9.59 Å². The number of aromatic nitrogens is 3. The molecular weight excluding hydrogens is 514 g/mol. The topological polar surface area (TPSA) is 103 Å². The van der Waals surface area contributed by atoms with Crippen LogP contribution in [0.5, 0.6) is 0 Å². The van der Waals surface area contributed by atoms with Gasteiger partial charge in [-0.05, 0) is 60.5 Å². The molecule has 2 amide bonds. The molecule has 1 aliphatic heterocycles. The molecular formula is C32H35N7O2. The number of amides is 2. The van der Waals surface area contributed by atoms with E-state index in [0.29, 0.717) is 17.2 Å². The van der Waals surface area contributed by atoms with Crippen LogP contribution in [0, 0.1) is 12.8 Å². The Bertz CT molecular complexity index is 1500. The van der Waals surface area contributed by atoms with Gasteiger partial charge in [0.05, 0.1) is 5.69 Å². The predicted molar refractivity (Wildman–Crippen MR) is 161 cm³/mol. The lowest BCUT2D eigenvalue weighted by Gasteiger charge is -2.35. The van der Waals surface area contributed by atoms with Crippen molar-refractivity contribution in [3.8, 4) is 11.3 Å². The molecule has 9 nitrogen and oxygen atoms in total. The van der Waals surface area contributed by atoms with Gasteiger partial charge in [-0.15, -0.1) is 0 Å². The van der Waals surface area contributed by atoms with Crippen molar-refractivity contribution in [2.45, 2.75) is 27.3 Å². The molecule has 41 heavy (non-hydrogen) atoms. The lowest BCUT2D eigenvalue weighted by molar-refractivity contribution is -0.136. The van der Waals surface area contributed by atoms with Crippen molar-refractivity contribution in [3.63, 3.8) is 0 Å². The van der Waals surface area contributed by atoms with E-state index >= 15 is 0 Å². The highest BCUT2D eigenvalue weighted by Gasteiger charge is 2.22. The third-order valence-electron chi connectivity index (χ3n) is 7.15. The maximum Gasteiger partial charge on any atom is 0.255 e. The molecule has 0 radical (unpaired) electrons. The Kier molecular flexibility index (Phi) is 8.64. The van der Waals surface area contributed by atoms with Crippen LogP contribution in [0.3, 0.4) is 0 Å². The maximum absolute atomic E-state index is 13.0. The fourth-order valence-corrected chi connectivity index (χ4v) is 4.76. The number of pyridine rings is 1. The summed E-state index contributed by atoms with van der Waals surface area (Å²) in [6, 6.07) is 19.1. The van der Waals surface area contributed by atoms with Gasteiger partial charge in [0.25, 0.3) is 5.91 Å². The molecule has 5 rings (SSSR count). The normalized spacial score (nSPS) is 13.7. The van der Waals surface area contributed by atoms with Gasteiger partial charge in [-0.25, -0.2) is 9.97 Å². The summed E-state index contributed by atoms with van der Waals surface area (Å²) >= 11 is 0. The van der Waals surface area contributed by atoms with E-state index in [1.165, 1.54) is 0 Å². The van der Waals surface area contributed by atoms with Crippen LogP contribution in [-0.4, -0.2) is 62.7 Å². The van der Waals surface area contributed by atoms with Gasteiger partial charge in [0.2, 0.25) is 11.9 Å². The van der Waals surface area contributed by atoms with E-state index in [-0.39, 0.29) is 17.7 Å². The summed E-state index contributed by atoms with van der Waals surface area (Å²) in [5.41, 5.74) is 5.87. The van der Waals surface area contributed by atoms with Gasteiger partial charge in [0, 0.05) is 79.7 Å². The Balaban J connectivity index is 1.18. The number of carbonyl (C=O) groups is 2. The summed E-state index contributed by atoms with van der Waals surface area (Å²) in [5, 5.41) is 6.27. The molecule has 0 saturated carbocycles. The van der Waals surface area contributed by atoms with Gasteiger partial charge < -0.3 is 15.5 Å². The van der Waals surface area contributed by atoms with E-state index in [4.69, 9.17) is 0 Å². The van der Waals surface area contributed by atoms with Crippen LogP contribution >= 0.6 is 0 Å². The van der Waals surface area contributed by atoms with Gasteiger partial charge >= 0.3 is 0 Å². The van der Waals surface area contributed by atoms with Crippen molar-refractivity contribution in [1.29, 1.82) is 0 Å². The van der Waals surface area contributed by atoms with Crippen molar-refractivity contribution in [2.24, 2.45) is 5.92 Å². The van der Waals surface area contributed by atoms with Crippen LogP contribution in [-0.2, 0) is 11.3 Å². The molecule has 2 N–H and O–H groups in total. The SMILES string of the molecule is Cc1ccc(NC(=O)c2ccc(CN3CCN(C(=O)C(C)C)CC3)cc2)cc1Nc1nccc(-c2cccnc2)n1. The van der Waals surface area contributed by atoms with E-state index in [2.05, 4.69) is 30.5 Å². The molecule has 210 valence electrons. The predicted octanol–water partition coefficient (Wildman–Crippen LogP) is 5.14. The van der Waals surface area contributed by atoms with E-state index in [0.717, 1.165) is 60.8 Å². The van der Waals surface area contributed by atoms with E-state index < -0.39 is 0 Å². The summed E-state index contributed by atoms with van der Waals surface area (Å²) in [6.07, 6.45) is 5.19. The van der Waals surface area contributed by atoms with Crippen molar-refractivity contribution in [3.05, 3.63) is 95.9 Å². The number of nitrogens with one attached hydrogen (secondary N) is 2. The van der Waals surface area contributed by atoms with Gasteiger partial charge in [-0.3, -0.25) is 19.5 Å². The van der Waals surface area contributed by atoms with E-state index in [1.54, 1.807) is 18.6 Å². The third-order valence-corrected chi connectivity index (χ3v) is 7.15. The van der Waals surface area contributed by atoms with Crippen LogP contribution in [0.2, 0.25) is 0 Å². The van der Waals surface area contributed by atoms with Gasteiger partial charge in [-0.2, -0.15) is 0 Å². The molecule has 0 aliphatic carbocycles. The molecule has 0 unspecified atom stereocenters. The summed E-state index contributed by atoms with van der Waals surface area (Å²) in [6.45, 7) is 9.88. The van der Waals surface area contributed by atoms with Gasteiger partial charge in [-0.1, -0.05) is 32.0 Å². The first-order chi connectivity index (χ1) is 19.9. The fraction of sp³-hybridized carbons (Fsp3) is 0.281. The molecule has 9 heteroatoms. The fourth-order valence-electron chi connectivity index (χ4n) is 4.76. The highest BCUT2D eigenvalue weighted by atomic mass is 16.2. The summed E-state index contributed by atoms with van der Waals surface area (Å²) in [4.78, 5) is 42.7. The Labute approximate surface area is 240 Å². The van der Waals surface area contributed by atoms with Crippen molar-refractivity contribution in [2.75, 3.05) is 36.8 Å². The van der Waals surface area contributed by atoms with Gasteiger partial charge in [0.15, 0.2) is 0 Å². The number of benzene rings is 2. The zero-order valence-corrected chi connectivity index (χ0v) is 23.7. The third kappa shape index (κ3) is 7.12. The molecule has 0 bridgehead atoms. The van der Waals surface area contributed by atoms with Crippen molar-refractivity contribution < 1.29 is 9.59 Å². The lowest BCUT2D eigenvalue weighted by atomic mass is 10.1. The van der Waals surface area contributed by atoms with Crippen LogP contribution in [0.4, 0.5) is 17.3 Å². The molecule has 3 heterocycles. The number of anilines is 3. The number of rotatable bonds is 8. The van der Waals surface area contributed by atoms with Crippen molar-refractivity contribution in [1.82, 2.24) is 24.8 Å². The highest BCUT2D eigenvalue weighted by molar-refractivity contribution is 6.04. The van der Waals surface area contributed by atoms with Crippen molar-refractivity contribution >= 4 is 29.1 Å². The number of piperazine rings is 1. The molecule has 1 saturated heterocycles. The molecule has 4 aromatic rings. The van der Waals surface area contributed by atoms with E-state index in [1.807, 2.05) is 86.3 Å². The largest absolute Gasteiger partial charge is 0.340 e. The van der Waals surface area contributed by atoms with Crippen LogP contribution in [0.1, 0.15) is 35.3 Å². The van der Waals surface area contributed by atoms with Crippen LogP contribution < -0.4 is 10.6 Å².